The first kappa shape index (κ1) is 21.9. The van der Waals surface area contributed by atoms with Crippen molar-refractivity contribution in [1.82, 2.24) is 40.1 Å². The SMILES string of the molecule is CC(=O)c1ccc(-c2cncc3[nH]c(-c4n[nH]c5cnc(-c6cncc(C7CC(N)C7)n6)cc45)nc23)s1. The largest absolute Gasteiger partial charge is 0.335 e. The lowest BCUT2D eigenvalue weighted by Gasteiger charge is -2.31. The maximum Gasteiger partial charge on any atom is 0.169 e. The average molecular weight is 508 g/mol. The van der Waals surface area contributed by atoms with Gasteiger partial charge < -0.3 is 10.7 Å². The second-order valence-corrected chi connectivity index (χ2v) is 10.4. The van der Waals surface area contributed by atoms with Crippen LogP contribution in [0.4, 0.5) is 0 Å². The molecule has 0 saturated heterocycles. The first-order chi connectivity index (χ1) is 18.0. The van der Waals surface area contributed by atoms with E-state index in [1.165, 1.54) is 11.3 Å². The van der Waals surface area contributed by atoms with Crippen molar-refractivity contribution in [2.45, 2.75) is 31.7 Å². The number of pyridine rings is 2. The van der Waals surface area contributed by atoms with Crippen molar-refractivity contribution < 1.29 is 4.79 Å². The molecule has 11 heteroatoms. The van der Waals surface area contributed by atoms with E-state index in [0.717, 1.165) is 50.9 Å². The molecule has 0 radical (unpaired) electrons. The van der Waals surface area contributed by atoms with Gasteiger partial charge in [-0.15, -0.1) is 11.3 Å². The number of imidazole rings is 1. The summed E-state index contributed by atoms with van der Waals surface area (Å²) >= 11 is 1.43. The third kappa shape index (κ3) is 3.71. The second-order valence-electron chi connectivity index (χ2n) is 9.33. The zero-order valence-corrected chi connectivity index (χ0v) is 20.6. The van der Waals surface area contributed by atoms with Crippen LogP contribution in [0, 0.1) is 0 Å². The number of carbonyl (C=O) groups excluding carboxylic acids is 1. The molecule has 0 amide bonds. The Balaban J connectivity index is 1.29. The molecule has 6 heterocycles. The van der Waals surface area contributed by atoms with E-state index >= 15 is 0 Å². The molecular weight excluding hydrogens is 486 g/mol. The number of fused-ring (bicyclic) bond motifs is 2. The molecule has 0 atom stereocenters. The van der Waals surface area contributed by atoms with Crippen LogP contribution in [-0.4, -0.2) is 51.9 Å². The zero-order chi connectivity index (χ0) is 25.1. The molecule has 0 aromatic carbocycles. The second kappa shape index (κ2) is 8.36. The van der Waals surface area contributed by atoms with Gasteiger partial charge in [0.2, 0.25) is 0 Å². The minimum atomic E-state index is 0.0398. The molecule has 0 bridgehead atoms. The number of Topliss-reactive ketones (excluding diaryl/α,β-unsaturated/α-hetero) is 1. The highest BCUT2D eigenvalue weighted by molar-refractivity contribution is 7.17. The lowest BCUT2D eigenvalue weighted by atomic mass is 9.79. The fraction of sp³-hybridized carbons (Fsp3) is 0.192. The van der Waals surface area contributed by atoms with Crippen LogP contribution in [-0.2, 0) is 0 Å². The topological polar surface area (TPSA) is 152 Å². The number of rotatable bonds is 5. The third-order valence-corrected chi connectivity index (χ3v) is 8.01. The summed E-state index contributed by atoms with van der Waals surface area (Å²) in [6.07, 6.45) is 10.7. The number of aromatic amines is 2. The van der Waals surface area contributed by atoms with E-state index in [2.05, 4.69) is 30.1 Å². The zero-order valence-electron chi connectivity index (χ0n) is 19.8. The van der Waals surface area contributed by atoms with E-state index in [1.807, 2.05) is 24.4 Å². The van der Waals surface area contributed by atoms with E-state index in [-0.39, 0.29) is 11.8 Å². The van der Waals surface area contributed by atoms with Crippen molar-refractivity contribution in [2.75, 3.05) is 0 Å². The quantitative estimate of drug-likeness (QED) is 0.289. The minimum absolute atomic E-state index is 0.0398. The van der Waals surface area contributed by atoms with Crippen molar-refractivity contribution in [3.05, 3.63) is 59.8 Å². The van der Waals surface area contributed by atoms with Gasteiger partial charge in [-0.1, -0.05) is 0 Å². The van der Waals surface area contributed by atoms with Gasteiger partial charge in [0, 0.05) is 40.2 Å². The summed E-state index contributed by atoms with van der Waals surface area (Å²) in [6, 6.07) is 5.97. The highest BCUT2D eigenvalue weighted by atomic mass is 32.1. The van der Waals surface area contributed by atoms with E-state index in [1.54, 1.807) is 31.7 Å². The van der Waals surface area contributed by atoms with Crippen LogP contribution < -0.4 is 5.73 Å². The highest BCUT2D eigenvalue weighted by Crippen LogP contribution is 2.36. The molecule has 0 spiro atoms. The van der Waals surface area contributed by atoms with Gasteiger partial charge in [0.15, 0.2) is 11.6 Å². The van der Waals surface area contributed by atoms with Crippen molar-refractivity contribution in [3.63, 3.8) is 0 Å². The van der Waals surface area contributed by atoms with Gasteiger partial charge in [0.25, 0.3) is 0 Å². The van der Waals surface area contributed by atoms with E-state index in [4.69, 9.17) is 15.7 Å². The molecule has 37 heavy (non-hydrogen) atoms. The molecule has 6 aromatic rings. The maximum absolute atomic E-state index is 11.8. The summed E-state index contributed by atoms with van der Waals surface area (Å²) in [6.45, 7) is 1.57. The molecule has 7 rings (SSSR count). The Morgan fingerprint density at radius 2 is 1.89 bits per heavy atom. The van der Waals surface area contributed by atoms with Crippen LogP contribution in [0.3, 0.4) is 0 Å². The smallest absolute Gasteiger partial charge is 0.169 e. The van der Waals surface area contributed by atoms with Crippen LogP contribution >= 0.6 is 11.3 Å². The number of nitrogens with one attached hydrogen (secondary N) is 2. The number of thiophene rings is 1. The summed E-state index contributed by atoms with van der Waals surface area (Å²) in [5.41, 5.74) is 12.2. The van der Waals surface area contributed by atoms with E-state index < -0.39 is 0 Å². The van der Waals surface area contributed by atoms with Crippen molar-refractivity contribution in [2.24, 2.45) is 5.73 Å². The number of nitrogens with zero attached hydrogens (tertiary/aromatic N) is 6. The van der Waals surface area contributed by atoms with Gasteiger partial charge in [-0.3, -0.25) is 24.8 Å². The number of aromatic nitrogens is 8. The van der Waals surface area contributed by atoms with E-state index in [9.17, 15) is 4.79 Å². The van der Waals surface area contributed by atoms with Gasteiger partial charge in [0.1, 0.15) is 16.9 Å². The molecule has 1 saturated carbocycles. The molecule has 0 aliphatic heterocycles. The summed E-state index contributed by atoms with van der Waals surface area (Å²) in [4.78, 5) is 39.9. The molecule has 10 nitrogen and oxygen atoms in total. The number of nitrogens with two attached hydrogens (primary N) is 1. The fourth-order valence-corrected chi connectivity index (χ4v) is 5.65. The summed E-state index contributed by atoms with van der Waals surface area (Å²) in [5.74, 6) is 1.00. The van der Waals surface area contributed by atoms with Gasteiger partial charge in [-0.2, -0.15) is 5.10 Å². The minimum Gasteiger partial charge on any atom is -0.335 e. The van der Waals surface area contributed by atoms with Crippen molar-refractivity contribution in [1.29, 1.82) is 0 Å². The summed E-state index contributed by atoms with van der Waals surface area (Å²) in [7, 11) is 0. The van der Waals surface area contributed by atoms with Crippen LogP contribution in [0.2, 0.25) is 0 Å². The lowest BCUT2D eigenvalue weighted by molar-refractivity contribution is 0.102. The van der Waals surface area contributed by atoms with Crippen LogP contribution in [0.1, 0.15) is 41.0 Å². The normalized spacial score (nSPS) is 17.4. The van der Waals surface area contributed by atoms with E-state index in [0.29, 0.717) is 33.7 Å². The Bertz CT molecular complexity index is 1810. The van der Waals surface area contributed by atoms with Crippen LogP contribution in [0.5, 0.6) is 0 Å². The average Bonchev–Trinajstić information content (AvgIpc) is 3.64. The molecule has 4 N–H and O–H groups in total. The fourth-order valence-electron chi connectivity index (χ4n) is 4.74. The molecule has 182 valence electrons. The summed E-state index contributed by atoms with van der Waals surface area (Å²) in [5, 5.41) is 8.45. The van der Waals surface area contributed by atoms with Gasteiger partial charge in [-0.05, 0) is 38.0 Å². The summed E-state index contributed by atoms with van der Waals surface area (Å²) < 4.78 is 0. The predicted octanol–water partition coefficient (Wildman–Crippen LogP) is 4.49. The Labute approximate surface area is 214 Å². The Morgan fingerprint density at radius 1 is 1.03 bits per heavy atom. The van der Waals surface area contributed by atoms with Gasteiger partial charge in [-0.25, -0.2) is 9.97 Å². The Kier molecular flexibility index (Phi) is 4.94. The Morgan fingerprint density at radius 3 is 2.70 bits per heavy atom. The van der Waals surface area contributed by atoms with Crippen LogP contribution in [0.15, 0.2) is 49.2 Å². The lowest BCUT2D eigenvalue weighted by Crippen LogP contribution is -2.35. The number of ketones is 1. The molecular formula is C26H21N9OS. The third-order valence-electron chi connectivity index (χ3n) is 6.79. The van der Waals surface area contributed by atoms with Crippen molar-refractivity contribution >= 4 is 39.1 Å². The number of hydrogen-bond donors (Lipinski definition) is 3. The molecule has 6 aromatic heterocycles. The monoisotopic (exact) mass is 507 g/mol. The first-order valence-electron chi connectivity index (χ1n) is 11.9. The highest BCUT2D eigenvalue weighted by Gasteiger charge is 2.29. The maximum atomic E-state index is 11.8. The standard InChI is InChI=1S/C26H21N9OS/c1-12(36)22-2-3-23(37-22)16-7-28-10-21-24(16)33-26(32-21)25-15-6-17(30-11-19(15)34-35-25)20-9-29-8-18(31-20)13-4-14(27)5-13/h2-3,6-11,13-14H,4-5,27H2,1H3,(H,32,33)(H,34,35). The van der Waals surface area contributed by atoms with Crippen molar-refractivity contribution in [3.8, 4) is 33.3 Å². The molecule has 1 aliphatic rings. The molecule has 1 aliphatic carbocycles. The van der Waals surface area contributed by atoms with Gasteiger partial charge in [0.05, 0.1) is 45.9 Å². The molecule has 1 fully saturated rings. The van der Waals surface area contributed by atoms with Gasteiger partial charge >= 0.3 is 0 Å². The van der Waals surface area contributed by atoms with Crippen LogP contribution in [0.25, 0.3) is 55.3 Å². The molecule has 0 unspecified atom stereocenters. The first-order valence-corrected chi connectivity index (χ1v) is 12.7. The number of carbonyl (C=O) groups is 1. The number of hydrogen-bond acceptors (Lipinski definition) is 9. The Hall–Kier alpha value is -4.35. The predicted molar refractivity (Wildman–Crippen MR) is 141 cm³/mol. The number of H-pyrrole nitrogens is 2.